The Morgan fingerprint density at radius 2 is 2.04 bits per heavy atom. The number of aliphatic carboxylic acids is 1. The monoisotopic (exact) mass is 333 g/mol. The second-order valence-corrected chi connectivity index (χ2v) is 5.82. The average molecular weight is 333 g/mol. The molecule has 1 aliphatic heterocycles. The SMILES string of the molecule is CN(C(=O)NCCCC(=O)O)C1CCCN(c2ccccc2)C1=O. The van der Waals surface area contributed by atoms with Crippen LogP contribution in [0.2, 0.25) is 0 Å². The number of hydrogen-bond acceptors (Lipinski definition) is 3. The van der Waals surface area contributed by atoms with Crippen LogP contribution in [0.4, 0.5) is 10.5 Å². The quantitative estimate of drug-likeness (QED) is 0.775. The molecule has 0 aromatic heterocycles. The number of amides is 3. The molecule has 130 valence electrons. The van der Waals surface area contributed by atoms with Crippen LogP contribution in [0.5, 0.6) is 0 Å². The van der Waals surface area contributed by atoms with Gasteiger partial charge in [-0.3, -0.25) is 9.59 Å². The lowest BCUT2D eigenvalue weighted by atomic mass is 10.0. The molecule has 7 heteroatoms. The van der Waals surface area contributed by atoms with E-state index in [4.69, 9.17) is 5.11 Å². The van der Waals surface area contributed by atoms with E-state index in [1.165, 1.54) is 4.90 Å². The van der Waals surface area contributed by atoms with Crippen molar-refractivity contribution in [2.24, 2.45) is 0 Å². The van der Waals surface area contributed by atoms with Crippen molar-refractivity contribution in [2.45, 2.75) is 31.7 Å². The van der Waals surface area contributed by atoms with E-state index in [-0.39, 0.29) is 24.9 Å². The normalized spacial score (nSPS) is 17.5. The largest absolute Gasteiger partial charge is 0.481 e. The average Bonchev–Trinajstić information content (AvgIpc) is 2.58. The fourth-order valence-corrected chi connectivity index (χ4v) is 2.78. The highest BCUT2D eigenvalue weighted by Gasteiger charge is 2.34. The third-order valence-corrected chi connectivity index (χ3v) is 4.11. The minimum atomic E-state index is -0.890. The van der Waals surface area contributed by atoms with Gasteiger partial charge in [-0.25, -0.2) is 4.79 Å². The van der Waals surface area contributed by atoms with Crippen molar-refractivity contribution >= 4 is 23.6 Å². The van der Waals surface area contributed by atoms with E-state index < -0.39 is 12.0 Å². The lowest BCUT2D eigenvalue weighted by molar-refractivity contribution is -0.137. The molecule has 1 saturated heterocycles. The first kappa shape index (κ1) is 17.8. The van der Waals surface area contributed by atoms with Gasteiger partial charge in [-0.2, -0.15) is 0 Å². The summed E-state index contributed by atoms with van der Waals surface area (Å²) in [5.41, 5.74) is 0.836. The van der Waals surface area contributed by atoms with Crippen molar-refractivity contribution < 1.29 is 19.5 Å². The molecular formula is C17H23N3O4. The molecular weight excluding hydrogens is 310 g/mol. The summed E-state index contributed by atoms with van der Waals surface area (Å²) in [7, 11) is 1.60. The molecule has 7 nitrogen and oxygen atoms in total. The van der Waals surface area contributed by atoms with Crippen LogP contribution < -0.4 is 10.2 Å². The minimum Gasteiger partial charge on any atom is -0.481 e. The van der Waals surface area contributed by atoms with Gasteiger partial charge in [0.2, 0.25) is 5.91 Å². The number of hydrogen-bond donors (Lipinski definition) is 2. The van der Waals surface area contributed by atoms with Crippen LogP contribution in [0.25, 0.3) is 0 Å². The molecule has 2 rings (SSSR count). The molecule has 1 unspecified atom stereocenters. The third kappa shape index (κ3) is 4.47. The summed E-state index contributed by atoms with van der Waals surface area (Å²) in [5.74, 6) is -0.978. The van der Waals surface area contributed by atoms with E-state index >= 15 is 0 Å². The molecule has 1 aliphatic rings. The molecule has 24 heavy (non-hydrogen) atoms. The van der Waals surface area contributed by atoms with Crippen LogP contribution in [0, 0.1) is 0 Å². The van der Waals surface area contributed by atoms with Gasteiger partial charge in [-0.15, -0.1) is 0 Å². The molecule has 0 bridgehead atoms. The minimum absolute atomic E-state index is 0.00807. The van der Waals surface area contributed by atoms with Gasteiger partial charge in [0, 0.05) is 32.2 Å². The Kier molecular flexibility index (Phi) is 6.17. The number of rotatable bonds is 6. The van der Waals surface area contributed by atoms with Gasteiger partial charge >= 0.3 is 12.0 Å². The second kappa shape index (κ2) is 8.33. The number of carbonyl (C=O) groups is 3. The molecule has 1 fully saturated rings. The highest BCUT2D eigenvalue weighted by Crippen LogP contribution is 2.23. The lowest BCUT2D eigenvalue weighted by Crippen LogP contribution is -2.55. The second-order valence-electron chi connectivity index (χ2n) is 5.82. The Morgan fingerprint density at radius 1 is 1.33 bits per heavy atom. The topological polar surface area (TPSA) is 89.9 Å². The van der Waals surface area contributed by atoms with E-state index in [0.29, 0.717) is 19.4 Å². The fourth-order valence-electron chi connectivity index (χ4n) is 2.78. The maximum absolute atomic E-state index is 12.7. The van der Waals surface area contributed by atoms with Crippen LogP contribution in [-0.2, 0) is 9.59 Å². The zero-order chi connectivity index (χ0) is 17.5. The first-order chi connectivity index (χ1) is 11.5. The fraction of sp³-hybridized carbons (Fsp3) is 0.471. The smallest absolute Gasteiger partial charge is 0.317 e. The number of carboxylic acids is 1. The van der Waals surface area contributed by atoms with Gasteiger partial charge < -0.3 is 20.2 Å². The Balaban J connectivity index is 1.93. The van der Waals surface area contributed by atoms with Gasteiger partial charge in [0.15, 0.2) is 0 Å². The standard InChI is InChI=1S/C17H23N3O4/c1-19(17(24)18-11-5-10-15(21)22)14-9-6-12-20(16(14)23)13-7-3-2-4-8-13/h2-4,7-8,14H,5-6,9-12H2,1H3,(H,18,24)(H,21,22). The molecule has 1 aromatic rings. The van der Waals surface area contributed by atoms with Crippen LogP contribution in [0.15, 0.2) is 30.3 Å². The zero-order valence-electron chi connectivity index (χ0n) is 13.8. The molecule has 1 aromatic carbocycles. The van der Waals surface area contributed by atoms with Gasteiger partial charge in [0.1, 0.15) is 6.04 Å². The summed E-state index contributed by atoms with van der Waals surface area (Å²) in [5, 5.41) is 11.3. The highest BCUT2D eigenvalue weighted by atomic mass is 16.4. The maximum atomic E-state index is 12.7. The number of urea groups is 1. The number of piperidine rings is 1. The molecule has 0 spiro atoms. The van der Waals surface area contributed by atoms with E-state index in [9.17, 15) is 14.4 Å². The first-order valence-corrected chi connectivity index (χ1v) is 8.09. The van der Waals surface area contributed by atoms with Gasteiger partial charge in [0.25, 0.3) is 0 Å². The summed E-state index contributed by atoms with van der Waals surface area (Å²) in [6.07, 6.45) is 1.82. The Morgan fingerprint density at radius 3 is 2.71 bits per heavy atom. The Hall–Kier alpha value is -2.57. The summed E-state index contributed by atoms with van der Waals surface area (Å²) < 4.78 is 0. The number of carbonyl (C=O) groups excluding carboxylic acids is 2. The predicted octanol–water partition coefficient (Wildman–Crippen LogP) is 1.69. The molecule has 1 heterocycles. The summed E-state index contributed by atoms with van der Waals surface area (Å²) >= 11 is 0. The Bertz CT molecular complexity index is 591. The summed E-state index contributed by atoms with van der Waals surface area (Å²) in [6, 6.07) is 8.56. The van der Waals surface area contributed by atoms with Crippen molar-refractivity contribution in [2.75, 3.05) is 25.0 Å². The van der Waals surface area contributed by atoms with Crippen LogP contribution in [0.3, 0.4) is 0 Å². The van der Waals surface area contributed by atoms with Crippen LogP contribution in [0.1, 0.15) is 25.7 Å². The van der Waals surface area contributed by atoms with E-state index in [1.54, 1.807) is 11.9 Å². The first-order valence-electron chi connectivity index (χ1n) is 8.09. The number of benzene rings is 1. The number of nitrogens with one attached hydrogen (secondary N) is 1. The van der Waals surface area contributed by atoms with Crippen LogP contribution in [-0.4, -0.2) is 54.1 Å². The van der Waals surface area contributed by atoms with Crippen molar-refractivity contribution in [3.8, 4) is 0 Å². The van der Waals surface area contributed by atoms with Gasteiger partial charge in [0.05, 0.1) is 0 Å². The molecule has 0 radical (unpaired) electrons. The molecule has 0 saturated carbocycles. The van der Waals surface area contributed by atoms with Crippen LogP contribution >= 0.6 is 0 Å². The molecule has 1 atom stereocenters. The maximum Gasteiger partial charge on any atom is 0.317 e. The van der Waals surface area contributed by atoms with Crippen molar-refractivity contribution in [1.29, 1.82) is 0 Å². The van der Waals surface area contributed by atoms with Crippen molar-refractivity contribution in [3.63, 3.8) is 0 Å². The van der Waals surface area contributed by atoms with Gasteiger partial charge in [-0.05, 0) is 31.4 Å². The predicted molar refractivity (Wildman–Crippen MR) is 89.8 cm³/mol. The molecule has 2 N–H and O–H groups in total. The lowest BCUT2D eigenvalue weighted by Gasteiger charge is -2.36. The highest BCUT2D eigenvalue weighted by molar-refractivity contribution is 5.99. The third-order valence-electron chi connectivity index (χ3n) is 4.11. The van der Waals surface area contributed by atoms with Crippen molar-refractivity contribution in [3.05, 3.63) is 30.3 Å². The molecule has 3 amide bonds. The number of anilines is 1. The van der Waals surface area contributed by atoms with Gasteiger partial charge in [-0.1, -0.05) is 18.2 Å². The van der Waals surface area contributed by atoms with E-state index in [1.807, 2.05) is 30.3 Å². The zero-order valence-corrected chi connectivity index (χ0v) is 13.8. The number of nitrogens with zero attached hydrogens (tertiary/aromatic N) is 2. The Labute approximate surface area is 141 Å². The van der Waals surface area contributed by atoms with E-state index in [0.717, 1.165) is 12.1 Å². The number of carboxylic acid groups (broad SMARTS) is 1. The summed E-state index contributed by atoms with van der Waals surface area (Å²) in [4.78, 5) is 38.5. The summed E-state index contributed by atoms with van der Waals surface area (Å²) in [6.45, 7) is 0.923. The number of likely N-dealkylation sites (N-methyl/N-ethyl adjacent to an activating group) is 1. The molecule has 0 aliphatic carbocycles. The number of para-hydroxylation sites is 1. The van der Waals surface area contributed by atoms with E-state index in [2.05, 4.69) is 5.32 Å². The van der Waals surface area contributed by atoms with Crippen molar-refractivity contribution in [1.82, 2.24) is 10.2 Å².